The molecule has 0 radical (unpaired) electrons. The largest absolute Gasteiger partial charge is 0.493 e. The van der Waals surface area contributed by atoms with E-state index in [4.69, 9.17) is 15.1 Å². The van der Waals surface area contributed by atoms with Crippen LogP contribution < -0.4 is 21.7 Å². The molecule has 12 heteroatoms. The Labute approximate surface area is 190 Å². The first-order valence-electron chi connectivity index (χ1n) is 10.5. The van der Waals surface area contributed by atoms with E-state index in [-0.39, 0.29) is 30.1 Å². The molecule has 33 heavy (non-hydrogen) atoms. The van der Waals surface area contributed by atoms with Crippen molar-refractivity contribution in [1.29, 1.82) is 0 Å². The molecule has 1 fully saturated rings. The number of fused-ring (bicyclic) bond motifs is 1. The number of hydrogen-bond donors (Lipinski definition) is 5. The first-order chi connectivity index (χ1) is 16.0. The number of imidazole rings is 1. The van der Waals surface area contributed by atoms with Crippen LogP contribution in [0.2, 0.25) is 0 Å². The normalized spacial score (nSPS) is 14.9. The van der Waals surface area contributed by atoms with Crippen LogP contribution in [0.1, 0.15) is 34.6 Å². The molecule has 0 saturated heterocycles. The highest BCUT2D eigenvalue weighted by Crippen LogP contribution is 2.27. The number of thiophene rings is 1. The van der Waals surface area contributed by atoms with Crippen LogP contribution in [0.4, 0.5) is 0 Å². The molecule has 0 atom stereocenters. The van der Waals surface area contributed by atoms with Crippen LogP contribution in [0, 0.1) is 0 Å². The monoisotopic (exact) mass is 467 g/mol. The second-order valence-electron chi connectivity index (χ2n) is 7.68. The van der Waals surface area contributed by atoms with Gasteiger partial charge in [0, 0.05) is 24.4 Å². The number of aliphatic hydroxyl groups excluding tert-OH is 1. The Morgan fingerprint density at radius 2 is 2.21 bits per heavy atom. The van der Waals surface area contributed by atoms with E-state index in [2.05, 4.69) is 20.4 Å². The van der Waals surface area contributed by atoms with Crippen molar-refractivity contribution in [1.82, 2.24) is 29.9 Å². The summed E-state index contributed by atoms with van der Waals surface area (Å²) in [6.07, 6.45) is 5.72. The van der Waals surface area contributed by atoms with E-state index in [0.29, 0.717) is 39.9 Å². The van der Waals surface area contributed by atoms with Crippen LogP contribution >= 0.6 is 11.3 Å². The zero-order valence-corrected chi connectivity index (χ0v) is 18.2. The maximum Gasteiger partial charge on any atom is 0.326 e. The quantitative estimate of drug-likeness (QED) is 0.239. The average molecular weight is 468 g/mol. The molecular weight excluding hydrogens is 446 g/mol. The molecule has 4 heterocycles. The second kappa shape index (κ2) is 8.64. The number of hydrogen-bond acceptors (Lipinski definition) is 8. The number of aromatic amines is 2. The topological polar surface area (TPSA) is 161 Å². The van der Waals surface area contributed by atoms with Crippen LogP contribution in [0.5, 0.6) is 5.88 Å². The number of rotatable bonds is 7. The van der Waals surface area contributed by atoms with Gasteiger partial charge in [-0.3, -0.25) is 14.8 Å². The van der Waals surface area contributed by atoms with Gasteiger partial charge in [0.15, 0.2) is 11.1 Å². The summed E-state index contributed by atoms with van der Waals surface area (Å²) in [6.45, 7) is 0.423. The Morgan fingerprint density at radius 3 is 2.94 bits per heavy atom. The number of amides is 1. The Balaban J connectivity index is 1.59. The summed E-state index contributed by atoms with van der Waals surface area (Å²) in [7, 11) is 0. The lowest BCUT2D eigenvalue weighted by Crippen LogP contribution is -2.24. The third kappa shape index (κ3) is 4.43. The number of aromatic nitrogens is 5. The molecule has 1 saturated carbocycles. The average Bonchev–Trinajstić information content (AvgIpc) is 3.18. The van der Waals surface area contributed by atoms with Crippen molar-refractivity contribution < 1.29 is 15.0 Å². The van der Waals surface area contributed by atoms with Crippen molar-refractivity contribution in [2.45, 2.75) is 25.3 Å². The molecule has 170 valence electrons. The van der Waals surface area contributed by atoms with Crippen molar-refractivity contribution in [3.63, 3.8) is 0 Å². The summed E-state index contributed by atoms with van der Waals surface area (Å²) >= 11 is 1.31. The first-order valence-corrected chi connectivity index (χ1v) is 11.3. The molecular formula is C21H21N7O4S. The minimum absolute atomic E-state index is 0.0201. The van der Waals surface area contributed by atoms with Gasteiger partial charge < -0.3 is 20.5 Å². The fourth-order valence-corrected chi connectivity index (χ4v) is 4.17. The Hall–Kier alpha value is -3.77. The lowest BCUT2D eigenvalue weighted by Gasteiger charge is -2.02. The van der Waals surface area contributed by atoms with E-state index in [0.717, 1.165) is 17.7 Å². The third-order valence-corrected chi connectivity index (χ3v) is 6.19. The van der Waals surface area contributed by atoms with E-state index in [1.807, 2.05) is 12.1 Å². The number of aromatic hydroxyl groups is 1. The molecule has 1 aliphatic carbocycles. The van der Waals surface area contributed by atoms with Gasteiger partial charge in [-0.05, 0) is 37.5 Å². The summed E-state index contributed by atoms with van der Waals surface area (Å²) in [6, 6.07) is 5.67. The number of carbonyl (C=O) groups excluding carboxylic acids is 1. The molecule has 4 aromatic heterocycles. The summed E-state index contributed by atoms with van der Waals surface area (Å²) < 4.78 is 1.63. The van der Waals surface area contributed by atoms with Crippen LogP contribution in [0.3, 0.4) is 0 Å². The number of nitrogens with one attached hydrogen (secondary N) is 3. The third-order valence-electron chi connectivity index (χ3n) is 5.08. The maximum absolute atomic E-state index is 12.4. The van der Waals surface area contributed by atoms with Gasteiger partial charge in [0.2, 0.25) is 5.88 Å². The van der Waals surface area contributed by atoms with Crippen molar-refractivity contribution in [2.24, 2.45) is 4.99 Å². The van der Waals surface area contributed by atoms with Crippen LogP contribution in [0.15, 0.2) is 34.2 Å². The van der Waals surface area contributed by atoms with Gasteiger partial charge >= 0.3 is 5.69 Å². The van der Waals surface area contributed by atoms with E-state index in [1.54, 1.807) is 22.9 Å². The fraction of sp³-hybridized carbons (Fsp3) is 0.286. The molecule has 0 unspecified atom stereocenters. The highest BCUT2D eigenvalue weighted by molar-refractivity contribution is 7.17. The minimum Gasteiger partial charge on any atom is -0.493 e. The molecule has 0 aliphatic heterocycles. The van der Waals surface area contributed by atoms with E-state index >= 15 is 0 Å². The van der Waals surface area contributed by atoms with Crippen LogP contribution in [0.25, 0.3) is 22.3 Å². The maximum atomic E-state index is 12.4. The summed E-state index contributed by atoms with van der Waals surface area (Å²) in [5, 5.41) is 26.6. The zero-order chi connectivity index (χ0) is 22.9. The standard InChI is InChI=1S/C21H21N7O4S/c29-7-1-6-22-20(31)16-5-4-15(33-16)13-9-17(24-12-2-3-12)28-18(25-13)11(10-23-28)8-14-19(30)27-21(32)26-14/h4-5,8-10,12,29-30H,1-3,6-7H2,(H,22,31)(H2,26,27,32)/b11-8-,24-17?. The Bertz CT molecular complexity index is 1510. The minimum atomic E-state index is -0.517. The van der Waals surface area contributed by atoms with Gasteiger partial charge in [-0.2, -0.15) is 9.61 Å². The Morgan fingerprint density at radius 1 is 1.36 bits per heavy atom. The Kier molecular flexibility index (Phi) is 5.52. The van der Waals surface area contributed by atoms with Gasteiger partial charge in [-0.25, -0.2) is 9.78 Å². The second-order valence-corrected chi connectivity index (χ2v) is 8.76. The molecule has 0 spiro atoms. The molecule has 5 N–H and O–H groups in total. The highest BCUT2D eigenvalue weighted by atomic mass is 32.1. The van der Waals surface area contributed by atoms with E-state index in [1.165, 1.54) is 11.3 Å². The number of aliphatic hydroxyl groups is 1. The predicted molar refractivity (Wildman–Crippen MR) is 121 cm³/mol. The van der Waals surface area contributed by atoms with Crippen molar-refractivity contribution in [2.75, 3.05) is 13.2 Å². The number of nitrogens with zero attached hydrogens (tertiary/aromatic N) is 4. The zero-order valence-electron chi connectivity index (χ0n) is 17.4. The number of carbonyl (C=O) groups is 1. The van der Waals surface area contributed by atoms with Crippen molar-refractivity contribution in [3.05, 3.63) is 56.2 Å². The predicted octanol–water partition coefficient (Wildman–Crippen LogP) is -0.0972. The molecule has 11 nitrogen and oxygen atoms in total. The number of H-pyrrole nitrogens is 2. The van der Waals surface area contributed by atoms with Crippen LogP contribution in [-0.4, -0.2) is 59.9 Å². The van der Waals surface area contributed by atoms with Gasteiger partial charge in [-0.15, -0.1) is 11.3 Å². The first kappa shape index (κ1) is 21.1. The van der Waals surface area contributed by atoms with E-state index in [9.17, 15) is 14.7 Å². The molecule has 1 aliphatic rings. The lowest BCUT2D eigenvalue weighted by molar-refractivity contribution is 0.0955. The van der Waals surface area contributed by atoms with Crippen LogP contribution in [-0.2, 0) is 0 Å². The summed E-state index contributed by atoms with van der Waals surface area (Å²) in [5.41, 5.74) is 1.50. The van der Waals surface area contributed by atoms with Gasteiger partial charge in [0.25, 0.3) is 5.91 Å². The van der Waals surface area contributed by atoms with Gasteiger partial charge in [0.05, 0.1) is 27.7 Å². The van der Waals surface area contributed by atoms with Gasteiger partial charge in [0.1, 0.15) is 5.69 Å². The summed E-state index contributed by atoms with van der Waals surface area (Å²) in [5.74, 6) is -0.470. The molecule has 0 aromatic carbocycles. The molecule has 0 bridgehead atoms. The van der Waals surface area contributed by atoms with E-state index < -0.39 is 5.69 Å². The molecule has 4 aromatic rings. The smallest absolute Gasteiger partial charge is 0.326 e. The molecule has 5 rings (SSSR count). The van der Waals surface area contributed by atoms with Crippen molar-refractivity contribution >= 4 is 29.0 Å². The SMILES string of the molecule is O=C(NCCCO)c1ccc(-c2cc(=NC3CC3)n3nc/c(=C/c4[nH]c(=O)[nH]c4O)c3n2)s1. The summed E-state index contributed by atoms with van der Waals surface area (Å²) in [4.78, 5) is 39.5. The van der Waals surface area contributed by atoms with Crippen molar-refractivity contribution in [3.8, 4) is 16.5 Å². The molecule has 1 amide bonds. The lowest BCUT2D eigenvalue weighted by atomic mass is 10.3. The van der Waals surface area contributed by atoms with Gasteiger partial charge in [-0.1, -0.05) is 0 Å². The highest BCUT2D eigenvalue weighted by Gasteiger charge is 2.21. The fourth-order valence-electron chi connectivity index (χ4n) is 3.29.